The van der Waals surface area contributed by atoms with Crippen LogP contribution in [0, 0.1) is 18.7 Å². The molecular formula is C14H20FNO2. The number of hydrogen-bond acceptors (Lipinski definition) is 3. The number of esters is 1. The van der Waals surface area contributed by atoms with Gasteiger partial charge in [-0.25, -0.2) is 9.18 Å². The highest BCUT2D eigenvalue weighted by molar-refractivity contribution is 5.92. The van der Waals surface area contributed by atoms with Crippen molar-refractivity contribution in [3.05, 3.63) is 29.1 Å². The van der Waals surface area contributed by atoms with E-state index in [0.29, 0.717) is 23.7 Å². The van der Waals surface area contributed by atoms with Crippen molar-refractivity contribution >= 4 is 11.7 Å². The number of hydrogen-bond donors (Lipinski definition) is 1. The number of ether oxygens (including phenoxy) is 1. The zero-order valence-electron chi connectivity index (χ0n) is 11.1. The van der Waals surface area contributed by atoms with E-state index in [9.17, 15) is 9.18 Å². The second-order valence-corrected chi connectivity index (χ2v) is 4.47. The Balaban J connectivity index is 2.76. The minimum Gasteiger partial charge on any atom is -0.462 e. The van der Waals surface area contributed by atoms with Gasteiger partial charge >= 0.3 is 5.97 Å². The first-order chi connectivity index (χ1) is 8.49. The highest BCUT2D eigenvalue weighted by Gasteiger charge is 2.15. The van der Waals surface area contributed by atoms with Crippen LogP contribution in [0.3, 0.4) is 0 Å². The first kappa shape index (κ1) is 14.5. The Labute approximate surface area is 107 Å². The summed E-state index contributed by atoms with van der Waals surface area (Å²) in [5.74, 6) is -0.581. The number of halogens is 1. The average molecular weight is 253 g/mol. The minimum absolute atomic E-state index is 0.0323. The molecule has 0 heterocycles. The molecule has 0 atom stereocenters. The van der Waals surface area contributed by atoms with Crippen LogP contribution in [0.5, 0.6) is 0 Å². The predicted octanol–water partition coefficient (Wildman–Crippen LogP) is 3.31. The van der Waals surface area contributed by atoms with Gasteiger partial charge in [-0.15, -0.1) is 0 Å². The maximum Gasteiger partial charge on any atom is 0.338 e. The SMILES string of the molecule is CCC(CC)COC(=O)c1cc(N)c(F)cc1C. The van der Waals surface area contributed by atoms with Crippen LogP contribution in [0.15, 0.2) is 12.1 Å². The van der Waals surface area contributed by atoms with Gasteiger partial charge < -0.3 is 10.5 Å². The summed E-state index contributed by atoms with van der Waals surface area (Å²) in [4.78, 5) is 11.9. The van der Waals surface area contributed by atoms with Crippen LogP contribution in [-0.2, 0) is 4.74 Å². The lowest BCUT2D eigenvalue weighted by Gasteiger charge is -2.13. The monoisotopic (exact) mass is 253 g/mol. The Kier molecular flexibility index (Phi) is 5.13. The predicted molar refractivity (Wildman–Crippen MR) is 69.9 cm³/mol. The molecule has 0 saturated heterocycles. The van der Waals surface area contributed by atoms with E-state index in [0.717, 1.165) is 12.8 Å². The Morgan fingerprint density at radius 1 is 1.39 bits per heavy atom. The van der Waals surface area contributed by atoms with E-state index in [4.69, 9.17) is 10.5 Å². The van der Waals surface area contributed by atoms with Gasteiger partial charge in [0.2, 0.25) is 0 Å². The third kappa shape index (κ3) is 3.45. The van der Waals surface area contributed by atoms with Crippen molar-refractivity contribution in [1.29, 1.82) is 0 Å². The van der Waals surface area contributed by atoms with Crippen LogP contribution in [0.25, 0.3) is 0 Å². The Morgan fingerprint density at radius 2 is 2.00 bits per heavy atom. The van der Waals surface area contributed by atoms with E-state index in [2.05, 4.69) is 13.8 Å². The molecule has 4 heteroatoms. The van der Waals surface area contributed by atoms with Crippen LogP contribution in [0.4, 0.5) is 10.1 Å². The van der Waals surface area contributed by atoms with Crippen molar-refractivity contribution in [3.63, 3.8) is 0 Å². The molecule has 0 spiro atoms. The number of carbonyl (C=O) groups excluding carboxylic acids is 1. The lowest BCUT2D eigenvalue weighted by Crippen LogP contribution is -2.14. The highest BCUT2D eigenvalue weighted by atomic mass is 19.1. The number of rotatable bonds is 5. The third-order valence-corrected chi connectivity index (χ3v) is 3.17. The molecule has 0 unspecified atom stereocenters. The van der Waals surface area contributed by atoms with Crippen molar-refractivity contribution in [2.75, 3.05) is 12.3 Å². The first-order valence-corrected chi connectivity index (χ1v) is 6.22. The summed E-state index contributed by atoms with van der Waals surface area (Å²) in [6.07, 6.45) is 1.93. The maximum atomic E-state index is 13.2. The molecule has 0 amide bonds. The highest BCUT2D eigenvalue weighted by Crippen LogP contribution is 2.18. The van der Waals surface area contributed by atoms with Gasteiger partial charge in [-0.3, -0.25) is 0 Å². The van der Waals surface area contributed by atoms with Gasteiger partial charge in [0.1, 0.15) is 5.82 Å². The number of anilines is 1. The van der Waals surface area contributed by atoms with E-state index in [1.165, 1.54) is 12.1 Å². The lowest BCUT2D eigenvalue weighted by molar-refractivity contribution is 0.0432. The summed E-state index contributed by atoms with van der Waals surface area (Å²) in [7, 11) is 0. The largest absolute Gasteiger partial charge is 0.462 e. The summed E-state index contributed by atoms with van der Waals surface area (Å²) in [6.45, 7) is 6.17. The van der Waals surface area contributed by atoms with E-state index < -0.39 is 11.8 Å². The number of nitrogens with two attached hydrogens (primary N) is 1. The topological polar surface area (TPSA) is 52.3 Å². The minimum atomic E-state index is -0.510. The molecule has 0 saturated carbocycles. The molecular weight excluding hydrogens is 233 g/mol. The molecule has 1 aromatic carbocycles. The molecule has 0 aliphatic rings. The van der Waals surface area contributed by atoms with Crippen molar-refractivity contribution in [3.8, 4) is 0 Å². The smallest absolute Gasteiger partial charge is 0.338 e. The fourth-order valence-corrected chi connectivity index (χ4v) is 1.71. The van der Waals surface area contributed by atoms with Gasteiger partial charge in [0.25, 0.3) is 0 Å². The first-order valence-electron chi connectivity index (χ1n) is 6.22. The van der Waals surface area contributed by atoms with E-state index in [1.54, 1.807) is 6.92 Å². The molecule has 0 bridgehead atoms. The van der Waals surface area contributed by atoms with Crippen LogP contribution < -0.4 is 5.73 Å². The number of benzene rings is 1. The zero-order chi connectivity index (χ0) is 13.7. The van der Waals surface area contributed by atoms with Gasteiger partial charge in [0, 0.05) is 0 Å². The van der Waals surface area contributed by atoms with Crippen molar-refractivity contribution in [2.24, 2.45) is 5.92 Å². The molecule has 0 aliphatic heterocycles. The van der Waals surface area contributed by atoms with Crippen LogP contribution in [0.2, 0.25) is 0 Å². The standard InChI is InChI=1S/C14H20FNO2/c1-4-10(5-2)8-18-14(17)11-7-13(16)12(15)6-9(11)3/h6-7,10H,4-5,8,16H2,1-3H3. The summed E-state index contributed by atoms with van der Waals surface area (Å²) in [6, 6.07) is 2.59. The van der Waals surface area contributed by atoms with Gasteiger partial charge in [0.15, 0.2) is 0 Å². The Morgan fingerprint density at radius 3 is 2.56 bits per heavy atom. The maximum absolute atomic E-state index is 13.2. The summed E-state index contributed by atoms with van der Waals surface area (Å²) in [5.41, 5.74) is 6.29. The number of carbonyl (C=O) groups is 1. The van der Waals surface area contributed by atoms with Crippen molar-refractivity contribution in [2.45, 2.75) is 33.6 Å². The Bertz CT molecular complexity index is 428. The second kappa shape index (κ2) is 6.38. The van der Waals surface area contributed by atoms with E-state index >= 15 is 0 Å². The van der Waals surface area contributed by atoms with Crippen molar-refractivity contribution < 1.29 is 13.9 Å². The van der Waals surface area contributed by atoms with Gasteiger partial charge in [-0.05, 0) is 30.5 Å². The Hall–Kier alpha value is -1.58. The molecule has 1 rings (SSSR count). The van der Waals surface area contributed by atoms with E-state index in [-0.39, 0.29) is 5.69 Å². The molecule has 3 nitrogen and oxygen atoms in total. The normalized spacial score (nSPS) is 10.7. The third-order valence-electron chi connectivity index (χ3n) is 3.17. The van der Waals surface area contributed by atoms with Crippen LogP contribution in [0.1, 0.15) is 42.6 Å². The lowest BCUT2D eigenvalue weighted by atomic mass is 10.0. The molecule has 18 heavy (non-hydrogen) atoms. The second-order valence-electron chi connectivity index (χ2n) is 4.47. The van der Waals surface area contributed by atoms with Gasteiger partial charge in [-0.2, -0.15) is 0 Å². The number of aryl methyl sites for hydroxylation is 1. The zero-order valence-corrected chi connectivity index (χ0v) is 11.1. The van der Waals surface area contributed by atoms with Crippen molar-refractivity contribution in [1.82, 2.24) is 0 Å². The molecule has 0 fully saturated rings. The molecule has 2 N–H and O–H groups in total. The average Bonchev–Trinajstić information content (AvgIpc) is 2.34. The summed E-state index contributed by atoms with van der Waals surface area (Å²) >= 11 is 0. The fraction of sp³-hybridized carbons (Fsp3) is 0.500. The molecule has 0 aliphatic carbocycles. The summed E-state index contributed by atoms with van der Waals surface area (Å²) < 4.78 is 18.4. The summed E-state index contributed by atoms with van der Waals surface area (Å²) in [5, 5.41) is 0. The van der Waals surface area contributed by atoms with E-state index in [1.807, 2.05) is 0 Å². The van der Waals surface area contributed by atoms with Gasteiger partial charge in [-0.1, -0.05) is 26.7 Å². The molecule has 0 radical (unpaired) electrons. The van der Waals surface area contributed by atoms with Crippen LogP contribution >= 0.6 is 0 Å². The van der Waals surface area contributed by atoms with Crippen LogP contribution in [-0.4, -0.2) is 12.6 Å². The van der Waals surface area contributed by atoms with Gasteiger partial charge in [0.05, 0.1) is 17.9 Å². The number of nitrogen functional groups attached to an aromatic ring is 1. The fourth-order valence-electron chi connectivity index (χ4n) is 1.71. The quantitative estimate of drug-likeness (QED) is 0.647. The molecule has 0 aromatic heterocycles. The molecule has 1 aromatic rings. The molecule has 100 valence electrons.